The molecular formula is C19H17F3N4O. The van der Waals surface area contributed by atoms with Gasteiger partial charge in [-0.3, -0.25) is 14.7 Å². The van der Waals surface area contributed by atoms with Gasteiger partial charge >= 0.3 is 6.18 Å². The molecule has 0 radical (unpaired) electrons. The van der Waals surface area contributed by atoms with Crippen molar-refractivity contribution >= 4 is 5.91 Å². The fraction of sp³-hybridized carbons (Fsp3) is 0.316. The van der Waals surface area contributed by atoms with Crippen molar-refractivity contribution in [3.8, 4) is 17.3 Å². The molecule has 1 saturated heterocycles. The third-order valence-electron chi connectivity index (χ3n) is 4.36. The van der Waals surface area contributed by atoms with Crippen LogP contribution in [0.4, 0.5) is 13.2 Å². The molecule has 0 bridgehead atoms. The van der Waals surface area contributed by atoms with Crippen LogP contribution in [0.25, 0.3) is 11.3 Å². The zero-order valence-electron chi connectivity index (χ0n) is 14.4. The minimum absolute atomic E-state index is 0.191. The van der Waals surface area contributed by atoms with Crippen LogP contribution in [-0.4, -0.2) is 59.6 Å². The highest BCUT2D eigenvalue weighted by molar-refractivity contribution is 5.95. The highest BCUT2D eigenvalue weighted by atomic mass is 19.4. The van der Waals surface area contributed by atoms with Crippen LogP contribution in [0.1, 0.15) is 15.9 Å². The number of hydrogen-bond acceptors (Lipinski definition) is 4. The number of piperazine rings is 1. The van der Waals surface area contributed by atoms with Gasteiger partial charge in [-0.05, 0) is 24.3 Å². The molecule has 140 valence electrons. The number of amides is 1. The number of rotatable bonds is 3. The van der Waals surface area contributed by atoms with E-state index in [0.29, 0.717) is 22.4 Å². The fourth-order valence-electron chi connectivity index (χ4n) is 3.01. The van der Waals surface area contributed by atoms with Gasteiger partial charge in [0.05, 0.1) is 23.9 Å². The van der Waals surface area contributed by atoms with E-state index in [2.05, 4.69) is 4.98 Å². The molecular weight excluding hydrogens is 357 g/mol. The number of hydrogen-bond donors (Lipinski definition) is 0. The van der Waals surface area contributed by atoms with Crippen LogP contribution in [-0.2, 0) is 0 Å². The number of carbonyl (C=O) groups is 1. The summed E-state index contributed by atoms with van der Waals surface area (Å²) in [6.45, 7) is -0.0680. The summed E-state index contributed by atoms with van der Waals surface area (Å²) >= 11 is 0. The SMILES string of the molecule is N#Cc1ccnc(-c2cccc(C(=O)N3CCN(CC(F)(F)F)CC3)c2)c1. The molecule has 0 atom stereocenters. The van der Waals surface area contributed by atoms with E-state index in [1.807, 2.05) is 6.07 Å². The lowest BCUT2D eigenvalue weighted by atomic mass is 10.1. The van der Waals surface area contributed by atoms with Crippen molar-refractivity contribution < 1.29 is 18.0 Å². The predicted octanol–water partition coefficient (Wildman–Crippen LogP) is 2.94. The van der Waals surface area contributed by atoms with E-state index in [9.17, 15) is 18.0 Å². The molecule has 2 heterocycles. The van der Waals surface area contributed by atoms with Gasteiger partial charge < -0.3 is 4.90 Å². The van der Waals surface area contributed by atoms with Crippen LogP contribution in [0.3, 0.4) is 0 Å². The highest BCUT2D eigenvalue weighted by Gasteiger charge is 2.33. The van der Waals surface area contributed by atoms with Gasteiger partial charge in [-0.1, -0.05) is 12.1 Å². The second kappa shape index (κ2) is 7.76. The zero-order chi connectivity index (χ0) is 19.4. The van der Waals surface area contributed by atoms with Crippen molar-refractivity contribution in [2.75, 3.05) is 32.7 Å². The van der Waals surface area contributed by atoms with Crippen molar-refractivity contribution in [1.29, 1.82) is 5.26 Å². The van der Waals surface area contributed by atoms with Crippen LogP contribution in [0.2, 0.25) is 0 Å². The van der Waals surface area contributed by atoms with Crippen molar-refractivity contribution in [2.24, 2.45) is 0 Å². The number of nitrogens with zero attached hydrogens (tertiary/aromatic N) is 4. The quantitative estimate of drug-likeness (QED) is 0.829. The largest absolute Gasteiger partial charge is 0.401 e. The fourth-order valence-corrected chi connectivity index (χ4v) is 3.01. The maximum atomic E-state index is 12.7. The van der Waals surface area contributed by atoms with Crippen LogP contribution in [0, 0.1) is 11.3 Å². The topological polar surface area (TPSA) is 60.2 Å². The van der Waals surface area contributed by atoms with Gasteiger partial charge in [0.15, 0.2) is 0 Å². The Morgan fingerprint density at radius 1 is 1.15 bits per heavy atom. The molecule has 1 aliphatic heterocycles. The Kier molecular flexibility index (Phi) is 5.42. The molecule has 2 aromatic rings. The summed E-state index contributed by atoms with van der Waals surface area (Å²) in [5.74, 6) is -0.222. The number of alkyl halides is 3. The summed E-state index contributed by atoms with van der Waals surface area (Å²) < 4.78 is 37.4. The summed E-state index contributed by atoms with van der Waals surface area (Å²) in [7, 11) is 0. The van der Waals surface area contributed by atoms with Crippen molar-refractivity contribution in [3.63, 3.8) is 0 Å². The second-order valence-corrected chi connectivity index (χ2v) is 6.31. The standard InChI is InChI=1S/C19H17F3N4O/c20-19(21,22)13-25-6-8-26(9-7-25)18(27)16-3-1-2-15(11-16)17-10-14(12-23)4-5-24-17/h1-5,10-11H,6-9,13H2. The van der Waals surface area contributed by atoms with Gasteiger partial charge in [-0.2, -0.15) is 18.4 Å². The molecule has 1 aromatic heterocycles. The van der Waals surface area contributed by atoms with Crippen molar-refractivity contribution in [2.45, 2.75) is 6.18 Å². The Labute approximate surface area is 154 Å². The van der Waals surface area contributed by atoms with Gasteiger partial charge in [-0.15, -0.1) is 0 Å². The maximum absolute atomic E-state index is 12.7. The molecule has 3 rings (SSSR count). The first-order valence-electron chi connectivity index (χ1n) is 8.41. The van der Waals surface area contributed by atoms with E-state index in [1.54, 1.807) is 41.3 Å². The highest BCUT2D eigenvalue weighted by Crippen LogP contribution is 2.21. The van der Waals surface area contributed by atoms with E-state index in [0.717, 1.165) is 0 Å². The molecule has 1 aromatic carbocycles. The van der Waals surface area contributed by atoms with Crippen LogP contribution in [0.15, 0.2) is 42.6 Å². The van der Waals surface area contributed by atoms with Gasteiger partial charge in [0.1, 0.15) is 0 Å². The number of pyridine rings is 1. The van der Waals surface area contributed by atoms with E-state index in [-0.39, 0.29) is 32.1 Å². The van der Waals surface area contributed by atoms with Gasteiger partial charge in [0.2, 0.25) is 0 Å². The monoisotopic (exact) mass is 374 g/mol. The van der Waals surface area contributed by atoms with Crippen LogP contribution >= 0.6 is 0 Å². The Morgan fingerprint density at radius 3 is 2.56 bits per heavy atom. The first kappa shape index (κ1) is 18.9. The summed E-state index contributed by atoms with van der Waals surface area (Å²) in [5.41, 5.74) is 2.20. The number of benzene rings is 1. The van der Waals surface area contributed by atoms with E-state index in [1.165, 1.54) is 11.1 Å². The van der Waals surface area contributed by atoms with Crippen LogP contribution < -0.4 is 0 Å². The summed E-state index contributed by atoms with van der Waals surface area (Å²) in [6, 6.07) is 12.2. The summed E-state index contributed by atoms with van der Waals surface area (Å²) in [5, 5.41) is 9.00. The third-order valence-corrected chi connectivity index (χ3v) is 4.36. The lowest BCUT2D eigenvalue weighted by Gasteiger charge is -2.35. The maximum Gasteiger partial charge on any atom is 0.401 e. The molecule has 1 fully saturated rings. The average Bonchev–Trinajstić information content (AvgIpc) is 2.67. The second-order valence-electron chi connectivity index (χ2n) is 6.31. The molecule has 1 amide bonds. The van der Waals surface area contributed by atoms with Gasteiger partial charge in [0.25, 0.3) is 5.91 Å². The van der Waals surface area contributed by atoms with Crippen molar-refractivity contribution in [1.82, 2.24) is 14.8 Å². The Hall–Kier alpha value is -2.92. The van der Waals surface area contributed by atoms with Crippen molar-refractivity contribution in [3.05, 3.63) is 53.7 Å². The number of halogens is 3. The lowest BCUT2D eigenvalue weighted by molar-refractivity contribution is -0.148. The van der Waals surface area contributed by atoms with Gasteiger partial charge in [-0.25, -0.2) is 0 Å². The smallest absolute Gasteiger partial charge is 0.336 e. The molecule has 0 N–H and O–H groups in total. The van der Waals surface area contributed by atoms with E-state index in [4.69, 9.17) is 5.26 Å². The Bertz CT molecular complexity index is 868. The molecule has 0 aliphatic carbocycles. The van der Waals surface area contributed by atoms with Crippen LogP contribution in [0.5, 0.6) is 0 Å². The molecule has 27 heavy (non-hydrogen) atoms. The summed E-state index contributed by atoms with van der Waals surface area (Å²) in [6.07, 6.45) is -2.70. The minimum atomic E-state index is -4.23. The molecule has 1 aliphatic rings. The third kappa shape index (κ3) is 4.83. The Balaban J connectivity index is 1.70. The minimum Gasteiger partial charge on any atom is -0.336 e. The molecule has 5 nitrogen and oxygen atoms in total. The van der Waals surface area contributed by atoms with E-state index < -0.39 is 12.7 Å². The van der Waals surface area contributed by atoms with E-state index >= 15 is 0 Å². The number of carbonyl (C=O) groups excluding carboxylic acids is 1. The average molecular weight is 374 g/mol. The molecule has 8 heteroatoms. The number of nitriles is 1. The normalized spacial score (nSPS) is 15.4. The Morgan fingerprint density at radius 2 is 1.89 bits per heavy atom. The predicted molar refractivity (Wildman–Crippen MR) is 92.8 cm³/mol. The summed E-state index contributed by atoms with van der Waals surface area (Å²) in [4.78, 5) is 19.8. The molecule has 0 unspecified atom stereocenters. The molecule has 0 saturated carbocycles. The van der Waals surface area contributed by atoms with Gasteiger partial charge in [0, 0.05) is 43.5 Å². The molecule has 0 spiro atoms. The number of aromatic nitrogens is 1. The zero-order valence-corrected chi connectivity index (χ0v) is 14.4. The first-order valence-corrected chi connectivity index (χ1v) is 8.41. The first-order chi connectivity index (χ1) is 12.9. The lowest BCUT2D eigenvalue weighted by Crippen LogP contribution is -2.50.